The lowest BCUT2D eigenvalue weighted by molar-refractivity contribution is 0.923. The molecule has 2 heteroatoms. The minimum Gasteiger partial charge on any atom is -0.244 e. The molecule has 0 saturated carbocycles. The predicted octanol–water partition coefficient (Wildman–Crippen LogP) is 3.84. The molecule has 72 valence electrons. The third-order valence-electron chi connectivity index (χ3n) is 2.32. The molecule has 0 atom stereocenters. The Balaban J connectivity index is 2.56. The van der Waals surface area contributed by atoms with E-state index < -0.39 is 0 Å². The topological polar surface area (TPSA) is 12.9 Å². The smallest absolute Gasteiger partial charge is 0.136 e. The Hall–Kier alpha value is -1.08. The lowest BCUT2D eigenvalue weighted by Crippen LogP contribution is -1.84. The van der Waals surface area contributed by atoms with Crippen molar-refractivity contribution >= 4 is 22.4 Å². The number of aryl methyl sites for hydroxylation is 1. The maximum atomic E-state index is 5.98. The first-order chi connectivity index (χ1) is 6.81. The summed E-state index contributed by atoms with van der Waals surface area (Å²) in [6, 6.07) is 8.36. The van der Waals surface area contributed by atoms with Gasteiger partial charge < -0.3 is 0 Å². The van der Waals surface area contributed by atoms with Gasteiger partial charge in [-0.3, -0.25) is 0 Å². The molecule has 0 spiro atoms. The number of benzene rings is 1. The molecule has 2 rings (SSSR count). The largest absolute Gasteiger partial charge is 0.244 e. The number of hydrogen-bond donors (Lipinski definition) is 0. The Bertz CT molecular complexity index is 451. The van der Waals surface area contributed by atoms with Crippen LogP contribution in [0.4, 0.5) is 0 Å². The van der Waals surface area contributed by atoms with Crippen molar-refractivity contribution in [2.75, 3.05) is 0 Å². The number of rotatable bonds is 2. The van der Waals surface area contributed by atoms with Crippen LogP contribution >= 0.6 is 11.6 Å². The third-order valence-corrected chi connectivity index (χ3v) is 2.62. The van der Waals surface area contributed by atoms with Gasteiger partial charge in [0.05, 0.1) is 0 Å². The minimum absolute atomic E-state index is 0.588. The van der Waals surface area contributed by atoms with Crippen LogP contribution < -0.4 is 0 Å². The molecule has 0 aliphatic rings. The second kappa shape index (κ2) is 3.97. The summed E-state index contributed by atoms with van der Waals surface area (Å²) in [6.07, 6.45) is 4.04. The van der Waals surface area contributed by atoms with E-state index in [0.717, 1.165) is 11.8 Å². The van der Waals surface area contributed by atoms with Gasteiger partial charge in [0, 0.05) is 11.6 Å². The van der Waals surface area contributed by atoms with Gasteiger partial charge in [-0.1, -0.05) is 43.1 Å². The van der Waals surface area contributed by atoms with Crippen LogP contribution in [-0.4, -0.2) is 4.98 Å². The molecule has 0 saturated heterocycles. The van der Waals surface area contributed by atoms with E-state index >= 15 is 0 Å². The van der Waals surface area contributed by atoms with E-state index in [1.165, 1.54) is 17.4 Å². The Morgan fingerprint density at radius 1 is 1.29 bits per heavy atom. The number of aromatic nitrogens is 1. The Morgan fingerprint density at radius 3 is 2.93 bits per heavy atom. The molecule has 1 nitrogen and oxygen atoms in total. The summed E-state index contributed by atoms with van der Waals surface area (Å²) in [5.74, 6) is 0. The molecule has 0 bridgehead atoms. The summed E-state index contributed by atoms with van der Waals surface area (Å²) in [4.78, 5) is 4.05. The first-order valence-electron chi connectivity index (χ1n) is 4.84. The molecule has 1 aromatic carbocycles. The zero-order chi connectivity index (χ0) is 9.97. The van der Waals surface area contributed by atoms with Crippen LogP contribution in [0.15, 0.2) is 30.5 Å². The fourth-order valence-corrected chi connectivity index (χ4v) is 1.86. The molecule has 2 aromatic rings. The monoisotopic (exact) mass is 205 g/mol. The first kappa shape index (κ1) is 9.47. The van der Waals surface area contributed by atoms with Gasteiger partial charge >= 0.3 is 0 Å². The van der Waals surface area contributed by atoms with Crippen LogP contribution in [0.25, 0.3) is 10.8 Å². The average molecular weight is 206 g/mol. The second-order valence-corrected chi connectivity index (χ2v) is 3.77. The van der Waals surface area contributed by atoms with Crippen molar-refractivity contribution in [2.24, 2.45) is 0 Å². The van der Waals surface area contributed by atoms with Crippen molar-refractivity contribution in [3.8, 4) is 0 Å². The van der Waals surface area contributed by atoms with Gasteiger partial charge in [-0.15, -0.1) is 0 Å². The summed E-state index contributed by atoms with van der Waals surface area (Å²) in [5.41, 5.74) is 1.36. The normalized spacial score (nSPS) is 10.7. The van der Waals surface area contributed by atoms with E-state index in [9.17, 15) is 0 Å². The number of hydrogen-bond acceptors (Lipinski definition) is 1. The molecule has 1 aromatic heterocycles. The fraction of sp³-hybridized carbons (Fsp3) is 0.250. The highest BCUT2D eigenvalue weighted by molar-refractivity contribution is 6.34. The molecule has 0 aliphatic heterocycles. The fourth-order valence-electron chi connectivity index (χ4n) is 1.63. The molecule has 0 fully saturated rings. The van der Waals surface area contributed by atoms with Crippen LogP contribution in [-0.2, 0) is 6.42 Å². The molecule has 0 radical (unpaired) electrons. The minimum atomic E-state index is 0.588. The van der Waals surface area contributed by atoms with E-state index in [0.29, 0.717) is 5.15 Å². The molecule has 0 unspecified atom stereocenters. The van der Waals surface area contributed by atoms with E-state index in [4.69, 9.17) is 11.6 Å². The van der Waals surface area contributed by atoms with Gasteiger partial charge in [0.1, 0.15) is 5.15 Å². The summed E-state index contributed by atoms with van der Waals surface area (Å²) >= 11 is 5.98. The zero-order valence-electron chi connectivity index (χ0n) is 8.13. The van der Waals surface area contributed by atoms with Gasteiger partial charge in [0.15, 0.2) is 0 Å². The molecular weight excluding hydrogens is 194 g/mol. The molecular formula is C12H12ClN. The summed E-state index contributed by atoms with van der Waals surface area (Å²) in [7, 11) is 0. The van der Waals surface area contributed by atoms with Gasteiger partial charge in [0.2, 0.25) is 0 Å². The maximum absolute atomic E-state index is 5.98. The SMILES string of the molecule is CCCc1ccc2c(Cl)nccc2c1. The van der Waals surface area contributed by atoms with Crippen LogP contribution in [0.3, 0.4) is 0 Å². The van der Waals surface area contributed by atoms with Crippen LogP contribution in [0, 0.1) is 0 Å². The van der Waals surface area contributed by atoms with E-state index in [1.54, 1.807) is 6.20 Å². The highest BCUT2D eigenvalue weighted by Gasteiger charge is 2.00. The summed E-state index contributed by atoms with van der Waals surface area (Å²) in [5, 5.41) is 2.80. The number of fused-ring (bicyclic) bond motifs is 1. The number of pyridine rings is 1. The van der Waals surface area contributed by atoms with Crippen LogP contribution in [0.1, 0.15) is 18.9 Å². The Labute approximate surface area is 88.7 Å². The quantitative estimate of drug-likeness (QED) is 0.679. The van der Waals surface area contributed by atoms with Crippen molar-refractivity contribution in [3.63, 3.8) is 0 Å². The van der Waals surface area contributed by atoms with Crippen molar-refractivity contribution in [2.45, 2.75) is 19.8 Å². The first-order valence-corrected chi connectivity index (χ1v) is 5.22. The standard InChI is InChI=1S/C12H12ClN/c1-2-3-9-4-5-11-10(8-9)6-7-14-12(11)13/h4-8H,2-3H2,1H3. The number of nitrogens with zero attached hydrogens (tertiary/aromatic N) is 1. The lowest BCUT2D eigenvalue weighted by Gasteiger charge is -2.02. The van der Waals surface area contributed by atoms with E-state index in [1.807, 2.05) is 6.07 Å². The maximum Gasteiger partial charge on any atom is 0.136 e. The van der Waals surface area contributed by atoms with Gasteiger partial charge in [-0.05, 0) is 23.4 Å². The summed E-state index contributed by atoms with van der Waals surface area (Å²) < 4.78 is 0. The number of halogens is 1. The van der Waals surface area contributed by atoms with Crippen molar-refractivity contribution in [1.82, 2.24) is 4.98 Å². The third kappa shape index (κ3) is 1.73. The molecule has 0 amide bonds. The van der Waals surface area contributed by atoms with Crippen molar-refractivity contribution in [3.05, 3.63) is 41.2 Å². The van der Waals surface area contributed by atoms with Crippen LogP contribution in [0.2, 0.25) is 5.15 Å². The van der Waals surface area contributed by atoms with E-state index in [2.05, 4.69) is 30.1 Å². The molecule has 0 aliphatic carbocycles. The van der Waals surface area contributed by atoms with Gasteiger partial charge in [0.25, 0.3) is 0 Å². The lowest BCUT2D eigenvalue weighted by atomic mass is 10.1. The average Bonchev–Trinajstić information content (AvgIpc) is 2.18. The van der Waals surface area contributed by atoms with Gasteiger partial charge in [-0.2, -0.15) is 0 Å². The molecule has 1 heterocycles. The van der Waals surface area contributed by atoms with Crippen molar-refractivity contribution < 1.29 is 0 Å². The van der Waals surface area contributed by atoms with Gasteiger partial charge in [-0.25, -0.2) is 4.98 Å². The predicted molar refractivity (Wildman–Crippen MR) is 60.7 cm³/mol. The molecule has 0 N–H and O–H groups in total. The zero-order valence-corrected chi connectivity index (χ0v) is 8.88. The highest BCUT2D eigenvalue weighted by atomic mass is 35.5. The highest BCUT2D eigenvalue weighted by Crippen LogP contribution is 2.22. The Kier molecular flexibility index (Phi) is 2.69. The van der Waals surface area contributed by atoms with E-state index in [-0.39, 0.29) is 0 Å². The van der Waals surface area contributed by atoms with Crippen LogP contribution in [0.5, 0.6) is 0 Å². The second-order valence-electron chi connectivity index (χ2n) is 3.41. The summed E-state index contributed by atoms with van der Waals surface area (Å²) in [6.45, 7) is 2.18. The van der Waals surface area contributed by atoms with Crippen molar-refractivity contribution in [1.29, 1.82) is 0 Å². The Morgan fingerprint density at radius 2 is 2.14 bits per heavy atom. The molecule has 14 heavy (non-hydrogen) atoms.